The lowest BCUT2D eigenvalue weighted by Crippen LogP contribution is -2.39. The fourth-order valence-corrected chi connectivity index (χ4v) is 5.84. The normalized spacial score (nSPS) is 14.4. The summed E-state index contributed by atoms with van der Waals surface area (Å²) in [6.07, 6.45) is 2.84. The molecule has 0 saturated carbocycles. The molecule has 1 atom stereocenters. The van der Waals surface area contributed by atoms with Crippen LogP contribution in [0.1, 0.15) is 39.2 Å². The number of nitrogens with zero attached hydrogens (tertiary/aromatic N) is 2. The van der Waals surface area contributed by atoms with Crippen molar-refractivity contribution in [3.63, 3.8) is 0 Å². The number of aryl methyl sites for hydroxylation is 1. The third kappa shape index (κ3) is 3.55. The number of nitrogens with one attached hydrogen (secondary N) is 1. The summed E-state index contributed by atoms with van der Waals surface area (Å²) in [6.45, 7) is 2.44. The molecule has 0 unspecified atom stereocenters. The summed E-state index contributed by atoms with van der Waals surface area (Å²) in [4.78, 5) is 32.5. The lowest BCUT2D eigenvalue weighted by atomic mass is 10.1. The van der Waals surface area contributed by atoms with Crippen LogP contribution in [0.15, 0.2) is 24.3 Å². The number of amides is 2. The number of carbonyl (C=O) groups excluding carboxylic acids is 2. The van der Waals surface area contributed by atoms with E-state index < -0.39 is 5.91 Å². The van der Waals surface area contributed by atoms with Crippen LogP contribution >= 0.6 is 22.7 Å². The number of hydrogen-bond donors (Lipinski definition) is 2. The molecule has 0 radical (unpaired) electrons. The van der Waals surface area contributed by atoms with E-state index in [1.807, 2.05) is 43.1 Å². The SMILES string of the molecule is C[C@@H](C(=O)Nc1sc2c(c1C(N)=O)CCC2)N(C)Cc1nc2ccccc2s1. The maximum Gasteiger partial charge on any atom is 0.251 e. The Bertz CT molecular complexity index is 1020. The number of likely N-dealkylation sites (N-methyl/N-ethyl adjacent to an activating group) is 1. The van der Waals surface area contributed by atoms with Gasteiger partial charge in [0.1, 0.15) is 10.0 Å². The zero-order valence-electron chi connectivity index (χ0n) is 15.8. The van der Waals surface area contributed by atoms with Crippen molar-refractivity contribution >= 4 is 49.7 Å². The van der Waals surface area contributed by atoms with Crippen LogP contribution in [-0.2, 0) is 24.2 Å². The van der Waals surface area contributed by atoms with E-state index in [0.29, 0.717) is 17.1 Å². The average Bonchev–Trinajstić information content (AvgIpc) is 3.33. The van der Waals surface area contributed by atoms with E-state index in [4.69, 9.17) is 5.73 Å². The zero-order chi connectivity index (χ0) is 19.8. The van der Waals surface area contributed by atoms with Gasteiger partial charge < -0.3 is 11.1 Å². The van der Waals surface area contributed by atoms with Gasteiger partial charge in [-0.05, 0) is 50.9 Å². The van der Waals surface area contributed by atoms with Gasteiger partial charge in [0.25, 0.3) is 5.91 Å². The Morgan fingerprint density at radius 2 is 2.07 bits per heavy atom. The Balaban J connectivity index is 1.46. The van der Waals surface area contributed by atoms with E-state index in [9.17, 15) is 9.59 Å². The van der Waals surface area contributed by atoms with Crippen LogP contribution < -0.4 is 11.1 Å². The highest BCUT2D eigenvalue weighted by atomic mass is 32.1. The van der Waals surface area contributed by atoms with E-state index in [1.54, 1.807) is 11.3 Å². The van der Waals surface area contributed by atoms with Crippen molar-refractivity contribution in [2.24, 2.45) is 5.73 Å². The predicted molar refractivity (Wildman–Crippen MR) is 114 cm³/mol. The van der Waals surface area contributed by atoms with E-state index in [2.05, 4.69) is 10.3 Å². The molecular weight excluding hydrogens is 392 g/mol. The van der Waals surface area contributed by atoms with Gasteiger partial charge in [0, 0.05) is 4.88 Å². The van der Waals surface area contributed by atoms with Crippen LogP contribution in [0.2, 0.25) is 0 Å². The van der Waals surface area contributed by atoms with Gasteiger partial charge in [0.15, 0.2) is 0 Å². The molecule has 28 heavy (non-hydrogen) atoms. The fraction of sp³-hybridized carbons (Fsp3) is 0.350. The molecule has 2 aromatic heterocycles. The Morgan fingerprint density at radius 1 is 1.29 bits per heavy atom. The van der Waals surface area contributed by atoms with Gasteiger partial charge in [-0.25, -0.2) is 4.98 Å². The summed E-state index contributed by atoms with van der Waals surface area (Å²) in [5.41, 5.74) is 8.07. The van der Waals surface area contributed by atoms with Crippen LogP contribution in [0.4, 0.5) is 5.00 Å². The molecule has 146 valence electrons. The van der Waals surface area contributed by atoms with E-state index in [-0.39, 0.29) is 11.9 Å². The number of benzene rings is 1. The standard InChI is InChI=1S/C20H22N4O2S2/c1-11(24(2)10-16-22-13-7-3-4-8-15(13)27-16)19(26)23-20-17(18(21)25)12-6-5-9-14(12)28-20/h3-4,7-8,11H,5-6,9-10H2,1-2H3,(H2,21,25)(H,23,26)/t11-/m0/s1. The van der Waals surface area contributed by atoms with Crippen molar-refractivity contribution in [1.82, 2.24) is 9.88 Å². The highest BCUT2D eigenvalue weighted by molar-refractivity contribution is 7.18. The lowest BCUT2D eigenvalue weighted by Gasteiger charge is -2.22. The second-order valence-electron chi connectivity index (χ2n) is 7.08. The number of carbonyl (C=O) groups is 2. The maximum atomic E-state index is 12.8. The Morgan fingerprint density at radius 3 is 2.82 bits per heavy atom. The van der Waals surface area contributed by atoms with Gasteiger partial charge >= 0.3 is 0 Å². The first-order valence-electron chi connectivity index (χ1n) is 9.24. The van der Waals surface area contributed by atoms with Gasteiger partial charge in [0.05, 0.1) is 28.4 Å². The van der Waals surface area contributed by atoms with E-state index in [0.717, 1.165) is 40.1 Å². The zero-order valence-corrected chi connectivity index (χ0v) is 17.5. The van der Waals surface area contributed by atoms with Crippen molar-refractivity contribution in [3.05, 3.63) is 45.3 Å². The second kappa shape index (κ2) is 7.62. The smallest absolute Gasteiger partial charge is 0.251 e. The highest BCUT2D eigenvalue weighted by Gasteiger charge is 2.28. The number of hydrogen-bond acceptors (Lipinski definition) is 6. The molecule has 1 aliphatic rings. The van der Waals surface area contributed by atoms with Crippen LogP contribution in [0.5, 0.6) is 0 Å². The minimum Gasteiger partial charge on any atom is -0.365 e. The molecule has 4 rings (SSSR count). The van der Waals surface area contributed by atoms with Crippen LogP contribution in [0, 0.1) is 0 Å². The largest absolute Gasteiger partial charge is 0.365 e. The summed E-state index contributed by atoms with van der Waals surface area (Å²) >= 11 is 3.12. The molecule has 1 aliphatic carbocycles. The summed E-state index contributed by atoms with van der Waals surface area (Å²) in [5.74, 6) is -0.615. The number of aromatic nitrogens is 1. The number of nitrogens with two attached hydrogens (primary N) is 1. The number of rotatable bonds is 6. The molecular formula is C20H22N4O2S2. The fourth-order valence-electron chi connectivity index (χ4n) is 3.51. The van der Waals surface area contributed by atoms with Gasteiger partial charge in [-0.1, -0.05) is 12.1 Å². The third-order valence-electron chi connectivity index (χ3n) is 5.17. The average molecular weight is 415 g/mol. The third-order valence-corrected chi connectivity index (χ3v) is 7.40. The van der Waals surface area contributed by atoms with Crippen molar-refractivity contribution in [2.75, 3.05) is 12.4 Å². The molecule has 0 aliphatic heterocycles. The number of fused-ring (bicyclic) bond motifs is 2. The quantitative estimate of drug-likeness (QED) is 0.647. The molecule has 8 heteroatoms. The molecule has 1 aromatic carbocycles. The van der Waals surface area contributed by atoms with Gasteiger partial charge in [-0.15, -0.1) is 22.7 Å². The van der Waals surface area contributed by atoms with Crippen LogP contribution in [-0.4, -0.2) is 34.8 Å². The maximum absolute atomic E-state index is 12.8. The van der Waals surface area contributed by atoms with Crippen LogP contribution in [0.25, 0.3) is 10.2 Å². The summed E-state index contributed by atoms with van der Waals surface area (Å²) in [5, 5.41) is 4.49. The first-order chi connectivity index (χ1) is 13.4. The monoisotopic (exact) mass is 414 g/mol. The minimum atomic E-state index is -0.467. The van der Waals surface area contributed by atoms with Gasteiger partial charge in [-0.2, -0.15) is 0 Å². The van der Waals surface area contributed by atoms with E-state index >= 15 is 0 Å². The molecule has 2 amide bonds. The first-order valence-corrected chi connectivity index (χ1v) is 10.9. The van der Waals surface area contributed by atoms with E-state index in [1.165, 1.54) is 16.2 Å². The Kier molecular flexibility index (Phi) is 5.18. The molecule has 0 fully saturated rings. The van der Waals surface area contributed by atoms with Crippen molar-refractivity contribution in [3.8, 4) is 0 Å². The molecule has 3 N–H and O–H groups in total. The summed E-state index contributed by atoms with van der Waals surface area (Å²) in [7, 11) is 1.90. The molecule has 6 nitrogen and oxygen atoms in total. The Hall–Kier alpha value is -2.29. The van der Waals surface area contributed by atoms with Crippen molar-refractivity contribution in [1.29, 1.82) is 0 Å². The lowest BCUT2D eigenvalue weighted by molar-refractivity contribution is -0.120. The molecule has 0 saturated heterocycles. The summed E-state index contributed by atoms with van der Waals surface area (Å²) in [6, 6.07) is 7.64. The number of thiophene rings is 1. The first kappa shape index (κ1) is 19.0. The molecule has 2 heterocycles. The number of thiazole rings is 1. The molecule has 3 aromatic rings. The summed E-state index contributed by atoms with van der Waals surface area (Å²) < 4.78 is 1.14. The number of primary amides is 1. The Labute approximate surface area is 171 Å². The van der Waals surface area contributed by atoms with Crippen molar-refractivity contribution in [2.45, 2.75) is 38.8 Å². The molecule has 0 spiro atoms. The van der Waals surface area contributed by atoms with Gasteiger partial charge in [0.2, 0.25) is 5.91 Å². The topological polar surface area (TPSA) is 88.3 Å². The van der Waals surface area contributed by atoms with Crippen molar-refractivity contribution < 1.29 is 9.59 Å². The second-order valence-corrected chi connectivity index (χ2v) is 9.30. The van der Waals surface area contributed by atoms with Gasteiger partial charge in [-0.3, -0.25) is 14.5 Å². The highest BCUT2D eigenvalue weighted by Crippen LogP contribution is 2.39. The number of anilines is 1. The molecule has 0 bridgehead atoms. The number of para-hydroxylation sites is 1. The predicted octanol–water partition coefficient (Wildman–Crippen LogP) is 3.40. The van der Waals surface area contributed by atoms with Crippen LogP contribution in [0.3, 0.4) is 0 Å². The minimum absolute atomic E-state index is 0.147.